The van der Waals surface area contributed by atoms with E-state index in [1.54, 1.807) is 5.32 Å². The number of anilines is 1. The second kappa shape index (κ2) is 7.70. The minimum Gasteiger partial charge on any atom is -0.481 e. The molecule has 0 spiro atoms. The number of amides is 2. The number of benzene rings is 1. The number of carbonyl (C=O) groups excluding carboxylic acids is 1. The molecule has 0 fully saturated rings. The second-order valence-corrected chi connectivity index (χ2v) is 7.43. The molecule has 1 aromatic carbocycles. The molecule has 2 unspecified atom stereocenters. The quantitative estimate of drug-likeness (QED) is 0.723. The molecule has 10 heteroatoms. The molecular formula is C20H17ClF3N3O3. The molecule has 1 aromatic rings. The van der Waals surface area contributed by atoms with Gasteiger partial charge in [0.25, 0.3) is 0 Å². The molecule has 0 saturated heterocycles. The summed E-state index contributed by atoms with van der Waals surface area (Å²) in [7, 11) is 0. The third kappa shape index (κ3) is 4.01. The number of rotatable bonds is 3. The molecule has 6 nitrogen and oxygen atoms in total. The number of hydrogen-bond donors (Lipinski definition) is 2. The zero-order valence-corrected chi connectivity index (χ0v) is 16.7. The highest BCUT2D eigenvalue weighted by atomic mass is 35.5. The Bertz CT molecular complexity index is 1030. The van der Waals surface area contributed by atoms with Crippen LogP contribution in [-0.4, -0.2) is 29.1 Å². The minimum absolute atomic E-state index is 0.0748. The van der Waals surface area contributed by atoms with Crippen LogP contribution in [0.4, 0.5) is 23.7 Å². The first-order chi connectivity index (χ1) is 14.0. The number of carbonyl (C=O) groups is 1. The molecule has 1 aliphatic carbocycles. The van der Waals surface area contributed by atoms with E-state index in [2.05, 4.69) is 0 Å². The average molecular weight is 440 g/mol. The van der Waals surface area contributed by atoms with Gasteiger partial charge < -0.3 is 15.2 Å². The lowest BCUT2D eigenvalue weighted by Crippen LogP contribution is -2.52. The van der Waals surface area contributed by atoms with E-state index < -0.39 is 29.7 Å². The van der Waals surface area contributed by atoms with E-state index in [1.807, 2.05) is 38.1 Å². The molecule has 2 aliphatic rings. The molecule has 158 valence electrons. The van der Waals surface area contributed by atoms with Gasteiger partial charge in [0.1, 0.15) is 23.1 Å². The summed E-state index contributed by atoms with van der Waals surface area (Å²) < 4.78 is 44.8. The Hall–Kier alpha value is -2.96. The third-order valence-corrected chi connectivity index (χ3v) is 5.24. The van der Waals surface area contributed by atoms with E-state index in [0.717, 1.165) is 5.57 Å². The van der Waals surface area contributed by atoms with Crippen LogP contribution in [0.3, 0.4) is 0 Å². The van der Waals surface area contributed by atoms with Gasteiger partial charge in [-0.1, -0.05) is 29.8 Å². The van der Waals surface area contributed by atoms with E-state index in [9.17, 15) is 28.3 Å². The molecule has 1 heterocycles. The smallest absolute Gasteiger partial charge is 0.431 e. The van der Waals surface area contributed by atoms with Crippen LogP contribution in [-0.2, 0) is 0 Å². The van der Waals surface area contributed by atoms with Crippen molar-refractivity contribution in [1.82, 2.24) is 5.32 Å². The van der Waals surface area contributed by atoms with Crippen molar-refractivity contribution in [3.8, 4) is 11.8 Å². The number of nitrogens with zero attached hydrogens (tertiary/aromatic N) is 2. The molecule has 0 aromatic heterocycles. The maximum Gasteiger partial charge on any atom is 0.431 e. The molecule has 3 rings (SSSR count). The molecular weight excluding hydrogens is 423 g/mol. The first-order valence-electron chi connectivity index (χ1n) is 8.80. The van der Waals surface area contributed by atoms with Crippen LogP contribution in [0.1, 0.15) is 25.8 Å². The zero-order valence-electron chi connectivity index (χ0n) is 15.9. The normalized spacial score (nSPS) is 24.0. The summed E-state index contributed by atoms with van der Waals surface area (Å²) in [5.41, 5.74) is -1.30. The highest BCUT2D eigenvalue weighted by molar-refractivity contribution is 6.34. The second-order valence-electron chi connectivity index (χ2n) is 7.02. The van der Waals surface area contributed by atoms with Crippen molar-refractivity contribution in [1.29, 1.82) is 5.26 Å². The Morgan fingerprint density at radius 1 is 1.43 bits per heavy atom. The van der Waals surface area contributed by atoms with Crippen LogP contribution >= 0.6 is 11.6 Å². The molecule has 0 bridgehead atoms. The van der Waals surface area contributed by atoms with Gasteiger partial charge in [-0.2, -0.15) is 18.4 Å². The predicted octanol–water partition coefficient (Wildman–Crippen LogP) is 4.55. The Balaban J connectivity index is 2.03. The van der Waals surface area contributed by atoms with Crippen molar-refractivity contribution in [2.75, 3.05) is 4.90 Å². The van der Waals surface area contributed by atoms with E-state index in [0.29, 0.717) is 17.4 Å². The summed E-state index contributed by atoms with van der Waals surface area (Å²) in [5.74, 6) is 0.0769. The van der Waals surface area contributed by atoms with E-state index in [-0.39, 0.29) is 22.0 Å². The van der Waals surface area contributed by atoms with Crippen molar-refractivity contribution >= 4 is 23.3 Å². The number of halogens is 4. The number of ether oxygens (including phenoxy) is 1. The number of urea groups is 1. The zero-order chi connectivity index (χ0) is 22.3. The summed E-state index contributed by atoms with van der Waals surface area (Å²) in [4.78, 5) is 13.0. The highest BCUT2D eigenvalue weighted by Gasteiger charge is 2.41. The van der Waals surface area contributed by atoms with E-state index >= 15 is 0 Å². The van der Waals surface area contributed by atoms with Crippen LogP contribution in [0.15, 0.2) is 47.7 Å². The van der Waals surface area contributed by atoms with Crippen molar-refractivity contribution in [2.45, 2.75) is 38.3 Å². The Morgan fingerprint density at radius 3 is 2.70 bits per heavy atom. The fourth-order valence-electron chi connectivity index (χ4n) is 3.08. The summed E-state index contributed by atoms with van der Waals surface area (Å²) in [6, 6.07) is 3.21. The van der Waals surface area contributed by atoms with Crippen LogP contribution in [0.5, 0.6) is 5.75 Å². The molecule has 2 N–H and O–H groups in total. The molecule has 30 heavy (non-hydrogen) atoms. The van der Waals surface area contributed by atoms with Gasteiger partial charge >= 0.3 is 12.2 Å². The predicted molar refractivity (Wildman–Crippen MR) is 104 cm³/mol. The SMILES string of the molecule is CC1=CC=CCC1(C)Oc1cc(N2C(=O)NC(C(F)(F)F)=CC2O)c(Cl)cc1C#N. The Labute approximate surface area is 175 Å². The van der Waals surface area contributed by atoms with Crippen LogP contribution in [0, 0.1) is 11.3 Å². The largest absolute Gasteiger partial charge is 0.481 e. The summed E-state index contributed by atoms with van der Waals surface area (Å²) in [6.07, 6.45) is -0.169. The minimum atomic E-state index is -4.83. The van der Waals surface area contributed by atoms with Gasteiger partial charge in [-0.05, 0) is 31.6 Å². The topological polar surface area (TPSA) is 85.6 Å². The van der Waals surface area contributed by atoms with Crippen molar-refractivity contribution in [3.63, 3.8) is 0 Å². The summed E-state index contributed by atoms with van der Waals surface area (Å²) in [5, 5.41) is 21.2. The van der Waals surface area contributed by atoms with Crippen LogP contribution in [0.2, 0.25) is 5.02 Å². The van der Waals surface area contributed by atoms with Gasteiger partial charge in [-0.3, -0.25) is 4.90 Å². The van der Waals surface area contributed by atoms with Gasteiger partial charge in [0.15, 0.2) is 6.23 Å². The first-order valence-corrected chi connectivity index (χ1v) is 9.18. The van der Waals surface area contributed by atoms with Crippen LogP contribution < -0.4 is 15.0 Å². The van der Waals surface area contributed by atoms with Gasteiger partial charge in [-0.15, -0.1) is 0 Å². The molecule has 0 radical (unpaired) electrons. The number of allylic oxidation sites excluding steroid dienone is 3. The molecule has 0 saturated carbocycles. The molecule has 2 atom stereocenters. The number of aliphatic hydroxyl groups is 1. The molecule has 1 aliphatic heterocycles. The Kier molecular flexibility index (Phi) is 5.58. The maximum absolute atomic E-state index is 12.9. The van der Waals surface area contributed by atoms with Gasteiger partial charge in [0.05, 0.1) is 16.3 Å². The summed E-state index contributed by atoms with van der Waals surface area (Å²) in [6.45, 7) is 3.68. The van der Waals surface area contributed by atoms with Gasteiger partial charge in [0, 0.05) is 12.5 Å². The van der Waals surface area contributed by atoms with Crippen molar-refractivity contribution in [2.24, 2.45) is 0 Å². The highest BCUT2D eigenvalue weighted by Crippen LogP contribution is 2.39. The van der Waals surface area contributed by atoms with Crippen LogP contribution in [0.25, 0.3) is 0 Å². The number of aliphatic hydroxyl groups excluding tert-OH is 1. The van der Waals surface area contributed by atoms with Gasteiger partial charge in [-0.25, -0.2) is 4.79 Å². The van der Waals surface area contributed by atoms with Crippen molar-refractivity contribution < 1.29 is 27.8 Å². The lowest BCUT2D eigenvalue weighted by molar-refractivity contribution is -0.0970. The fraction of sp³-hybridized carbons (Fsp3) is 0.300. The maximum atomic E-state index is 12.9. The first kappa shape index (κ1) is 21.7. The number of nitriles is 1. The number of nitrogens with one attached hydrogen (secondary N) is 1. The van der Waals surface area contributed by atoms with Crippen molar-refractivity contribution in [3.05, 3.63) is 58.3 Å². The fourth-order valence-corrected chi connectivity index (χ4v) is 3.34. The average Bonchev–Trinajstić information content (AvgIpc) is 2.65. The number of alkyl halides is 3. The molecule has 2 amide bonds. The monoisotopic (exact) mass is 439 g/mol. The summed E-state index contributed by atoms with van der Waals surface area (Å²) >= 11 is 6.17. The Morgan fingerprint density at radius 2 is 2.13 bits per heavy atom. The van der Waals surface area contributed by atoms with E-state index in [4.69, 9.17) is 16.3 Å². The standard InChI is InChI=1S/C20H17ClF3N3O3/c1-11-5-3-4-6-19(11,2)30-15-8-14(13(21)7-12(15)10-25)27-17(28)9-16(20(22,23)24)26-18(27)29/h3-5,7-9,17,28H,6H2,1-2H3,(H,26,29). The number of hydrogen-bond acceptors (Lipinski definition) is 4. The lowest BCUT2D eigenvalue weighted by Gasteiger charge is -2.35. The third-order valence-electron chi connectivity index (χ3n) is 4.93. The van der Waals surface area contributed by atoms with E-state index in [1.165, 1.54) is 12.1 Å². The lowest BCUT2D eigenvalue weighted by atomic mass is 9.89. The van der Waals surface area contributed by atoms with Gasteiger partial charge in [0.2, 0.25) is 0 Å².